The van der Waals surface area contributed by atoms with Crippen LogP contribution in [0.5, 0.6) is 0 Å². The number of hydrogen-bond acceptors (Lipinski definition) is 2. The molecule has 1 aliphatic rings. The Kier molecular flexibility index (Phi) is 3.48. The van der Waals surface area contributed by atoms with Gasteiger partial charge in [-0.25, -0.2) is 4.98 Å². The van der Waals surface area contributed by atoms with Crippen molar-refractivity contribution < 1.29 is 0 Å². The summed E-state index contributed by atoms with van der Waals surface area (Å²) in [5.74, 6) is 0. The van der Waals surface area contributed by atoms with E-state index in [9.17, 15) is 0 Å². The normalized spacial score (nSPS) is 14.8. The van der Waals surface area contributed by atoms with Crippen LogP contribution in [0, 0.1) is 3.57 Å². The molecule has 5 heteroatoms. The summed E-state index contributed by atoms with van der Waals surface area (Å²) < 4.78 is 3.43. The lowest BCUT2D eigenvalue weighted by Crippen LogP contribution is -2.06. The van der Waals surface area contributed by atoms with Crippen LogP contribution in [0.15, 0.2) is 30.7 Å². The second-order valence-electron chi connectivity index (χ2n) is 4.50. The molecule has 0 spiro atoms. The molecule has 0 atom stereocenters. The number of halogens is 2. The molecule has 3 nitrogen and oxygen atoms in total. The molecule has 1 saturated carbocycles. The van der Waals surface area contributed by atoms with E-state index < -0.39 is 0 Å². The molecule has 0 saturated heterocycles. The van der Waals surface area contributed by atoms with Crippen LogP contribution in [-0.4, -0.2) is 9.55 Å². The van der Waals surface area contributed by atoms with Crippen LogP contribution in [0.25, 0.3) is 0 Å². The summed E-state index contributed by atoms with van der Waals surface area (Å²) >= 11 is 8.45. The molecule has 1 aliphatic carbocycles. The topological polar surface area (TPSA) is 29.9 Å². The van der Waals surface area contributed by atoms with Crippen molar-refractivity contribution in [1.29, 1.82) is 0 Å². The molecular formula is C13H13ClIN3. The van der Waals surface area contributed by atoms with E-state index in [4.69, 9.17) is 11.6 Å². The molecule has 0 amide bonds. The van der Waals surface area contributed by atoms with Gasteiger partial charge in [0, 0.05) is 15.8 Å². The van der Waals surface area contributed by atoms with Gasteiger partial charge in [0.2, 0.25) is 0 Å². The smallest absolute Gasteiger partial charge is 0.0951 e. The van der Waals surface area contributed by atoms with Crippen LogP contribution in [0.1, 0.15) is 24.6 Å². The Hall–Kier alpha value is -0.750. The minimum absolute atomic E-state index is 0.663. The number of rotatable bonds is 4. The van der Waals surface area contributed by atoms with Crippen molar-refractivity contribution in [3.63, 3.8) is 0 Å². The highest BCUT2D eigenvalue weighted by atomic mass is 127. The molecule has 1 aromatic heterocycles. The number of imidazole rings is 1. The van der Waals surface area contributed by atoms with Gasteiger partial charge in [-0.3, -0.25) is 0 Å². The van der Waals surface area contributed by atoms with Gasteiger partial charge in [-0.15, -0.1) is 0 Å². The number of aromatic nitrogens is 2. The summed E-state index contributed by atoms with van der Waals surface area (Å²) in [6.45, 7) is 0.760. The first-order valence-electron chi connectivity index (χ1n) is 5.93. The number of nitrogens with zero attached hydrogens (tertiary/aromatic N) is 2. The molecule has 0 unspecified atom stereocenters. The van der Waals surface area contributed by atoms with Gasteiger partial charge < -0.3 is 9.88 Å². The summed E-state index contributed by atoms with van der Waals surface area (Å²) in [7, 11) is 0. The summed E-state index contributed by atoms with van der Waals surface area (Å²) in [5, 5.41) is 4.14. The van der Waals surface area contributed by atoms with Gasteiger partial charge in [0.05, 0.1) is 29.3 Å². The van der Waals surface area contributed by atoms with Crippen LogP contribution >= 0.6 is 34.2 Å². The highest BCUT2D eigenvalue weighted by Crippen LogP contribution is 2.35. The fourth-order valence-corrected chi connectivity index (χ4v) is 2.64. The lowest BCUT2D eigenvalue weighted by Gasteiger charge is -2.10. The molecular weight excluding hydrogens is 361 g/mol. The Morgan fingerprint density at radius 1 is 1.44 bits per heavy atom. The zero-order valence-electron chi connectivity index (χ0n) is 9.74. The predicted molar refractivity (Wildman–Crippen MR) is 82.0 cm³/mol. The molecule has 0 aliphatic heterocycles. The lowest BCUT2D eigenvalue weighted by atomic mass is 10.3. The van der Waals surface area contributed by atoms with Crippen LogP contribution in [0.4, 0.5) is 5.69 Å². The summed E-state index contributed by atoms with van der Waals surface area (Å²) in [6.07, 6.45) is 6.39. The number of nitrogens with one attached hydrogen (secondary N) is 1. The number of hydrogen-bond donors (Lipinski definition) is 1. The van der Waals surface area contributed by atoms with E-state index in [1.807, 2.05) is 24.7 Å². The van der Waals surface area contributed by atoms with E-state index in [1.165, 1.54) is 22.1 Å². The summed E-state index contributed by atoms with van der Waals surface area (Å²) in [6, 6.07) is 6.64. The zero-order chi connectivity index (χ0) is 12.5. The van der Waals surface area contributed by atoms with E-state index in [1.54, 1.807) is 0 Å². The van der Waals surface area contributed by atoms with Crippen molar-refractivity contribution in [2.75, 3.05) is 5.32 Å². The molecule has 3 rings (SSSR count). The number of benzene rings is 1. The fraction of sp³-hybridized carbons (Fsp3) is 0.308. The minimum Gasteiger partial charge on any atom is -0.378 e. The Morgan fingerprint density at radius 3 is 3.06 bits per heavy atom. The number of anilines is 1. The Labute approximate surface area is 125 Å². The van der Waals surface area contributed by atoms with E-state index >= 15 is 0 Å². The third-order valence-electron chi connectivity index (χ3n) is 3.07. The van der Waals surface area contributed by atoms with Gasteiger partial charge in [-0.1, -0.05) is 11.6 Å². The first-order chi connectivity index (χ1) is 8.74. The van der Waals surface area contributed by atoms with Crippen molar-refractivity contribution in [2.24, 2.45) is 0 Å². The highest BCUT2D eigenvalue weighted by Gasteiger charge is 2.24. The Bertz CT molecular complexity index is 563. The second-order valence-corrected chi connectivity index (χ2v) is 6.15. The third kappa shape index (κ3) is 2.64. The largest absolute Gasteiger partial charge is 0.378 e. The molecule has 18 heavy (non-hydrogen) atoms. The Morgan fingerprint density at radius 2 is 2.28 bits per heavy atom. The van der Waals surface area contributed by atoms with Crippen molar-refractivity contribution in [2.45, 2.75) is 25.4 Å². The predicted octanol–water partition coefficient (Wildman–Crippen LogP) is 4.09. The molecule has 2 aromatic rings. The van der Waals surface area contributed by atoms with Gasteiger partial charge in [-0.05, 0) is 53.6 Å². The minimum atomic E-state index is 0.663. The van der Waals surface area contributed by atoms with Crippen LogP contribution in [-0.2, 0) is 6.54 Å². The first-order valence-corrected chi connectivity index (χ1v) is 7.39. The van der Waals surface area contributed by atoms with Crippen LogP contribution in [0.2, 0.25) is 5.02 Å². The maximum Gasteiger partial charge on any atom is 0.0951 e. The molecule has 1 fully saturated rings. The molecule has 1 N–H and O–H groups in total. The molecule has 1 heterocycles. The van der Waals surface area contributed by atoms with Gasteiger partial charge >= 0.3 is 0 Å². The van der Waals surface area contributed by atoms with E-state index in [2.05, 4.69) is 43.5 Å². The third-order valence-corrected chi connectivity index (χ3v) is 4.08. The lowest BCUT2D eigenvalue weighted by molar-refractivity contribution is 0.701. The molecule has 1 aromatic carbocycles. The van der Waals surface area contributed by atoms with Gasteiger partial charge in [0.25, 0.3) is 0 Å². The molecule has 0 radical (unpaired) electrons. The van der Waals surface area contributed by atoms with E-state index in [0.717, 1.165) is 17.3 Å². The van der Waals surface area contributed by atoms with Gasteiger partial charge in [-0.2, -0.15) is 0 Å². The van der Waals surface area contributed by atoms with Gasteiger partial charge in [0.1, 0.15) is 0 Å². The second kappa shape index (κ2) is 5.09. The fourth-order valence-electron chi connectivity index (χ4n) is 1.97. The Balaban J connectivity index is 1.73. The standard InChI is InChI=1S/C13H13ClIN3/c14-12-4-1-9(15)5-13(12)17-7-11-6-16-8-18(11)10-2-3-10/h1,4-6,8,10,17H,2-3,7H2. The first kappa shape index (κ1) is 12.3. The zero-order valence-corrected chi connectivity index (χ0v) is 12.6. The van der Waals surface area contributed by atoms with E-state index in [-0.39, 0.29) is 0 Å². The van der Waals surface area contributed by atoms with Gasteiger partial charge in [0.15, 0.2) is 0 Å². The molecule has 0 bridgehead atoms. The maximum atomic E-state index is 6.16. The van der Waals surface area contributed by atoms with E-state index in [0.29, 0.717) is 6.04 Å². The van der Waals surface area contributed by atoms with Crippen molar-refractivity contribution in [1.82, 2.24) is 9.55 Å². The monoisotopic (exact) mass is 373 g/mol. The summed E-state index contributed by atoms with van der Waals surface area (Å²) in [4.78, 5) is 4.22. The quantitative estimate of drug-likeness (QED) is 0.818. The highest BCUT2D eigenvalue weighted by molar-refractivity contribution is 14.1. The van der Waals surface area contributed by atoms with Crippen molar-refractivity contribution >= 4 is 39.9 Å². The SMILES string of the molecule is Clc1ccc(I)cc1NCc1cncn1C1CC1. The van der Waals surface area contributed by atoms with Crippen LogP contribution < -0.4 is 5.32 Å². The van der Waals surface area contributed by atoms with Crippen molar-refractivity contribution in [3.05, 3.63) is 45.0 Å². The molecule has 94 valence electrons. The average molecular weight is 374 g/mol. The van der Waals surface area contributed by atoms with Crippen LogP contribution in [0.3, 0.4) is 0 Å². The van der Waals surface area contributed by atoms with Crippen molar-refractivity contribution in [3.8, 4) is 0 Å². The summed E-state index contributed by atoms with van der Waals surface area (Å²) in [5.41, 5.74) is 2.19. The maximum absolute atomic E-state index is 6.16. The average Bonchev–Trinajstić information content (AvgIpc) is 3.10.